The molecule has 0 saturated carbocycles. The summed E-state index contributed by atoms with van der Waals surface area (Å²) in [7, 11) is 0. The monoisotopic (exact) mass is 278 g/mol. The van der Waals surface area contributed by atoms with Crippen LogP contribution in [0.4, 0.5) is 5.69 Å². The summed E-state index contributed by atoms with van der Waals surface area (Å²) < 4.78 is 0. The number of hydrogen-bond donors (Lipinski definition) is 0. The maximum atomic E-state index is 10.2. The molecule has 0 bridgehead atoms. The molecule has 0 aliphatic heterocycles. The summed E-state index contributed by atoms with van der Waals surface area (Å²) in [5, 5.41) is 0. The lowest BCUT2D eigenvalue weighted by atomic mass is 10.0. The van der Waals surface area contributed by atoms with Gasteiger partial charge in [-0.05, 0) is 41.7 Å². The van der Waals surface area contributed by atoms with Gasteiger partial charge in [0.15, 0.2) is 0 Å². The van der Waals surface area contributed by atoms with Crippen LogP contribution in [0.15, 0.2) is 58.5 Å². The molecule has 2 aromatic carbocycles. The Bertz CT molecular complexity index is 678. The largest absolute Gasteiger partial charge is 0.240 e. The maximum absolute atomic E-state index is 10.2. The molecule has 4 nitrogen and oxygen atoms in total. The number of rotatable bonds is 6. The average Bonchev–Trinajstić information content (AvgIpc) is 2.51. The molecule has 0 aliphatic carbocycles. The smallest absolute Gasteiger partial charge is 0.211 e. The minimum Gasteiger partial charge on any atom is -0.211 e. The van der Waals surface area contributed by atoms with E-state index in [1.165, 1.54) is 17.7 Å². The molecule has 2 rings (SSSR count). The standard InChI is InChI=1S/C17H14N2O2/c20-12-18-10-9-14-1-3-15(4-2-14)11-16-5-7-17(8-6-16)19-13-21/h1-8H,9-11H2. The predicted octanol–water partition coefficient (Wildman–Crippen LogP) is 3.12. The molecule has 0 saturated heterocycles. The van der Waals surface area contributed by atoms with Crippen molar-refractivity contribution in [1.82, 2.24) is 0 Å². The normalized spacial score (nSPS) is 9.52. The molecule has 0 amide bonds. The van der Waals surface area contributed by atoms with Crippen molar-refractivity contribution in [2.75, 3.05) is 6.54 Å². The van der Waals surface area contributed by atoms with Crippen LogP contribution < -0.4 is 0 Å². The molecule has 21 heavy (non-hydrogen) atoms. The van der Waals surface area contributed by atoms with E-state index in [1.807, 2.05) is 24.3 Å². The van der Waals surface area contributed by atoms with Crippen LogP contribution in [0, 0.1) is 0 Å². The minimum atomic E-state index is 0.474. The van der Waals surface area contributed by atoms with Gasteiger partial charge < -0.3 is 0 Å². The van der Waals surface area contributed by atoms with Crippen LogP contribution >= 0.6 is 0 Å². The molecule has 0 unspecified atom stereocenters. The Hall–Kier alpha value is -2.80. The lowest BCUT2D eigenvalue weighted by Crippen LogP contribution is -1.92. The van der Waals surface area contributed by atoms with Gasteiger partial charge in [-0.2, -0.15) is 4.99 Å². The van der Waals surface area contributed by atoms with E-state index >= 15 is 0 Å². The van der Waals surface area contributed by atoms with Crippen LogP contribution in [0.3, 0.4) is 0 Å². The third-order valence-electron chi connectivity index (χ3n) is 3.12. The quantitative estimate of drug-likeness (QED) is 0.602. The number of nitrogens with zero attached hydrogens (tertiary/aromatic N) is 2. The average molecular weight is 278 g/mol. The highest BCUT2D eigenvalue weighted by atomic mass is 16.1. The van der Waals surface area contributed by atoms with Crippen LogP contribution in [-0.2, 0) is 22.4 Å². The second-order valence-electron chi connectivity index (χ2n) is 4.59. The molecule has 0 spiro atoms. The number of aliphatic imine (C=N–C) groups is 2. The van der Waals surface area contributed by atoms with E-state index in [2.05, 4.69) is 22.1 Å². The Kier molecular flexibility index (Phi) is 5.36. The minimum absolute atomic E-state index is 0.474. The highest BCUT2D eigenvalue weighted by Gasteiger charge is 1.98. The van der Waals surface area contributed by atoms with Crippen molar-refractivity contribution in [2.45, 2.75) is 12.8 Å². The zero-order chi connectivity index (χ0) is 14.9. The van der Waals surface area contributed by atoms with E-state index in [4.69, 9.17) is 0 Å². The summed E-state index contributed by atoms with van der Waals surface area (Å²) in [6, 6.07) is 15.7. The van der Waals surface area contributed by atoms with Gasteiger partial charge in [-0.25, -0.2) is 14.6 Å². The number of carbonyl (C=O) groups excluding carboxylic acids is 2. The van der Waals surface area contributed by atoms with Crippen LogP contribution in [0.2, 0.25) is 0 Å². The van der Waals surface area contributed by atoms with Gasteiger partial charge in [0.1, 0.15) is 0 Å². The first-order valence-corrected chi connectivity index (χ1v) is 6.60. The van der Waals surface area contributed by atoms with Crippen LogP contribution in [0.1, 0.15) is 16.7 Å². The molecule has 2 aromatic rings. The van der Waals surface area contributed by atoms with E-state index in [9.17, 15) is 9.59 Å². The Balaban J connectivity index is 1.99. The zero-order valence-electron chi connectivity index (χ0n) is 11.5. The Morgan fingerprint density at radius 1 is 0.762 bits per heavy atom. The van der Waals surface area contributed by atoms with Gasteiger partial charge in [0.05, 0.1) is 12.2 Å². The van der Waals surface area contributed by atoms with Gasteiger partial charge in [0, 0.05) is 0 Å². The second-order valence-corrected chi connectivity index (χ2v) is 4.59. The van der Waals surface area contributed by atoms with Gasteiger partial charge >= 0.3 is 0 Å². The first-order valence-electron chi connectivity index (χ1n) is 6.60. The molecular weight excluding hydrogens is 264 g/mol. The van der Waals surface area contributed by atoms with Crippen LogP contribution in [0.25, 0.3) is 0 Å². The number of benzene rings is 2. The fourth-order valence-electron chi connectivity index (χ4n) is 2.03. The van der Waals surface area contributed by atoms with E-state index in [0.29, 0.717) is 12.2 Å². The summed E-state index contributed by atoms with van der Waals surface area (Å²) in [6.07, 6.45) is 4.62. The van der Waals surface area contributed by atoms with E-state index in [0.717, 1.165) is 24.0 Å². The third-order valence-corrected chi connectivity index (χ3v) is 3.12. The molecule has 4 heteroatoms. The van der Waals surface area contributed by atoms with Gasteiger partial charge in [-0.15, -0.1) is 0 Å². The number of hydrogen-bond acceptors (Lipinski definition) is 4. The van der Waals surface area contributed by atoms with Crippen LogP contribution in [-0.4, -0.2) is 18.7 Å². The third kappa shape index (κ3) is 4.66. The van der Waals surface area contributed by atoms with Crippen molar-refractivity contribution in [3.8, 4) is 0 Å². The van der Waals surface area contributed by atoms with Crippen molar-refractivity contribution in [3.63, 3.8) is 0 Å². The Morgan fingerprint density at radius 3 is 1.90 bits per heavy atom. The first-order chi connectivity index (χ1) is 10.3. The molecule has 0 aromatic heterocycles. The molecule has 0 atom stereocenters. The first kappa shape index (κ1) is 14.6. The van der Waals surface area contributed by atoms with Gasteiger partial charge in [-0.3, -0.25) is 0 Å². The Morgan fingerprint density at radius 2 is 1.33 bits per heavy atom. The van der Waals surface area contributed by atoms with Crippen molar-refractivity contribution in [2.24, 2.45) is 9.98 Å². The van der Waals surface area contributed by atoms with Crippen molar-refractivity contribution < 1.29 is 9.59 Å². The molecule has 0 aliphatic rings. The predicted molar refractivity (Wildman–Crippen MR) is 80.2 cm³/mol. The molecule has 0 N–H and O–H groups in total. The lowest BCUT2D eigenvalue weighted by molar-refractivity contribution is 0.562. The molecular formula is C17H14N2O2. The molecule has 0 fully saturated rings. The van der Waals surface area contributed by atoms with Crippen molar-refractivity contribution in [1.29, 1.82) is 0 Å². The second kappa shape index (κ2) is 7.71. The van der Waals surface area contributed by atoms with Gasteiger partial charge in [0.25, 0.3) is 0 Å². The van der Waals surface area contributed by atoms with E-state index in [1.54, 1.807) is 12.1 Å². The van der Waals surface area contributed by atoms with Crippen molar-refractivity contribution >= 4 is 17.8 Å². The SMILES string of the molecule is O=C=NCCc1ccc(Cc2ccc(N=C=O)cc2)cc1. The summed E-state index contributed by atoms with van der Waals surface area (Å²) in [5.74, 6) is 0. The maximum Gasteiger partial charge on any atom is 0.240 e. The fourth-order valence-corrected chi connectivity index (χ4v) is 2.03. The summed E-state index contributed by atoms with van der Waals surface area (Å²) in [6.45, 7) is 0.474. The fraction of sp³-hybridized carbons (Fsp3) is 0.176. The summed E-state index contributed by atoms with van der Waals surface area (Å²) >= 11 is 0. The highest BCUT2D eigenvalue weighted by molar-refractivity contribution is 5.49. The zero-order valence-corrected chi connectivity index (χ0v) is 11.5. The lowest BCUT2D eigenvalue weighted by Gasteiger charge is -2.04. The summed E-state index contributed by atoms with van der Waals surface area (Å²) in [5.41, 5.74) is 4.11. The molecule has 0 heterocycles. The van der Waals surface area contributed by atoms with Crippen molar-refractivity contribution in [3.05, 3.63) is 65.2 Å². The molecule has 0 radical (unpaired) electrons. The van der Waals surface area contributed by atoms with E-state index < -0.39 is 0 Å². The summed E-state index contributed by atoms with van der Waals surface area (Å²) in [4.78, 5) is 27.3. The van der Waals surface area contributed by atoms with E-state index in [-0.39, 0.29) is 0 Å². The highest BCUT2D eigenvalue weighted by Crippen LogP contribution is 2.16. The Labute approximate surface area is 122 Å². The molecule has 104 valence electrons. The van der Waals surface area contributed by atoms with Gasteiger partial charge in [-0.1, -0.05) is 36.4 Å². The van der Waals surface area contributed by atoms with Crippen LogP contribution in [0.5, 0.6) is 0 Å². The van der Waals surface area contributed by atoms with Gasteiger partial charge in [0.2, 0.25) is 12.2 Å². The number of isocyanates is 2. The topological polar surface area (TPSA) is 58.9 Å².